The molecule has 3 N–H and O–H groups in total. The van der Waals surface area contributed by atoms with Crippen molar-refractivity contribution in [3.63, 3.8) is 0 Å². The van der Waals surface area contributed by atoms with Crippen molar-refractivity contribution in [2.45, 2.75) is 44.7 Å². The summed E-state index contributed by atoms with van der Waals surface area (Å²) in [6.45, 7) is 2.94. The van der Waals surface area contributed by atoms with Crippen LogP contribution in [0.1, 0.15) is 44.2 Å². The van der Waals surface area contributed by atoms with E-state index in [1.807, 2.05) is 18.2 Å². The lowest BCUT2D eigenvalue weighted by molar-refractivity contribution is -0.122. The zero-order valence-corrected chi connectivity index (χ0v) is 11.5. The van der Waals surface area contributed by atoms with Gasteiger partial charge in [-0.2, -0.15) is 0 Å². The fourth-order valence-electron chi connectivity index (χ4n) is 2.34. The summed E-state index contributed by atoms with van der Waals surface area (Å²) in [5, 5.41) is 2.99. The Labute approximate surface area is 114 Å². The van der Waals surface area contributed by atoms with Crippen LogP contribution >= 0.6 is 0 Å². The molecule has 0 bridgehead atoms. The summed E-state index contributed by atoms with van der Waals surface area (Å²) in [5.41, 5.74) is 7.50. The van der Waals surface area contributed by atoms with E-state index in [-0.39, 0.29) is 18.0 Å². The van der Waals surface area contributed by atoms with Gasteiger partial charge in [-0.25, -0.2) is 10.9 Å². The minimum absolute atomic E-state index is 0.0991. The summed E-state index contributed by atoms with van der Waals surface area (Å²) >= 11 is 0. The Balaban J connectivity index is 1.77. The van der Waals surface area contributed by atoms with Crippen molar-refractivity contribution in [2.24, 2.45) is 0 Å². The number of hydrogen-bond acceptors (Lipinski definition) is 3. The third-order valence-corrected chi connectivity index (χ3v) is 3.50. The molecule has 1 amide bonds. The highest BCUT2D eigenvalue weighted by Gasteiger charge is 2.29. The van der Waals surface area contributed by atoms with Crippen LogP contribution in [-0.2, 0) is 4.79 Å². The fourth-order valence-corrected chi connectivity index (χ4v) is 2.34. The van der Waals surface area contributed by atoms with Gasteiger partial charge in [-0.05, 0) is 18.4 Å². The first kappa shape index (κ1) is 14.0. The van der Waals surface area contributed by atoms with Crippen LogP contribution in [0.25, 0.3) is 0 Å². The molecule has 19 heavy (non-hydrogen) atoms. The van der Waals surface area contributed by atoms with Gasteiger partial charge in [-0.15, -0.1) is 0 Å². The van der Waals surface area contributed by atoms with Crippen molar-refractivity contribution in [1.29, 1.82) is 0 Å². The largest absolute Gasteiger partial charge is 0.355 e. The molecule has 1 aromatic carbocycles. The van der Waals surface area contributed by atoms with Gasteiger partial charge in [0, 0.05) is 12.6 Å². The van der Waals surface area contributed by atoms with Crippen LogP contribution in [-0.4, -0.2) is 18.5 Å². The van der Waals surface area contributed by atoms with Crippen molar-refractivity contribution in [1.82, 2.24) is 16.2 Å². The maximum absolute atomic E-state index is 12.0. The van der Waals surface area contributed by atoms with E-state index in [2.05, 4.69) is 35.2 Å². The summed E-state index contributed by atoms with van der Waals surface area (Å²) in [5.74, 6) is 0.0991. The third-order valence-electron chi connectivity index (χ3n) is 3.50. The number of hydrogen-bond donors (Lipinski definition) is 3. The minimum Gasteiger partial charge on any atom is -0.355 e. The van der Waals surface area contributed by atoms with Crippen LogP contribution < -0.4 is 16.2 Å². The maximum Gasteiger partial charge on any atom is 0.238 e. The molecule has 2 rings (SSSR count). The second-order valence-corrected chi connectivity index (χ2v) is 5.04. The average molecular weight is 261 g/mol. The van der Waals surface area contributed by atoms with E-state index in [9.17, 15) is 4.79 Å². The van der Waals surface area contributed by atoms with Gasteiger partial charge >= 0.3 is 0 Å². The number of rotatable bonds is 6. The fraction of sp³-hybridized carbons (Fsp3) is 0.533. The SMILES string of the molecule is CCCCCNC(=O)C1CC(c2ccccc2)NN1. The topological polar surface area (TPSA) is 53.2 Å². The van der Waals surface area contributed by atoms with Crippen LogP contribution in [0, 0.1) is 0 Å². The van der Waals surface area contributed by atoms with Crippen molar-refractivity contribution in [2.75, 3.05) is 6.54 Å². The monoisotopic (exact) mass is 261 g/mol. The molecule has 4 heteroatoms. The van der Waals surface area contributed by atoms with Crippen LogP contribution in [0.5, 0.6) is 0 Å². The van der Waals surface area contributed by atoms with Crippen molar-refractivity contribution < 1.29 is 4.79 Å². The highest BCUT2D eigenvalue weighted by molar-refractivity contribution is 5.82. The number of nitrogens with one attached hydrogen (secondary N) is 3. The number of carbonyl (C=O) groups is 1. The smallest absolute Gasteiger partial charge is 0.238 e. The predicted octanol–water partition coefficient (Wildman–Crippen LogP) is 1.90. The predicted molar refractivity (Wildman–Crippen MR) is 76.4 cm³/mol. The Hall–Kier alpha value is -1.39. The van der Waals surface area contributed by atoms with E-state index < -0.39 is 0 Å². The van der Waals surface area contributed by atoms with E-state index in [1.54, 1.807) is 0 Å². The van der Waals surface area contributed by atoms with Gasteiger partial charge in [0.25, 0.3) is 0 Å². The van der Waals surface area contributed by atoms with Crippen LogP contribution in [0.4, 0.5) is 0 Å². The maximum atomic E-state index is 12.0. The molecule has 0 spiro atoms. The van der Waals surface area contributed by atoms with Gasteiger partial charge in [0.1, 0.15) is 6.04 Å². The second-order valence-electron chi connectivity index (χ2n) is 5.04. The highest BCUT2D eigenvalue weighted by atomic mass is 16.2. The Morgan fingerprint density at radius 2 is 2.05 bits per heavy atom. The normalized spacial score (nSPS) is 22.4. The third kappa shape index (κ3) is 4.04. The Morgan fingerprint density at radius 3 is 2.79 bits per heavy atom. The van der Waals surface area contributed by atoms with Gasteiger partial charge in [0.05, 0.1) is 0 Å². The van der Waals surface area contributed by atoms with Gasteiger partial charge in [0.15, 0.2) is 0 Å². The van der Waals surface area contributed by atoms with Crippen molar-refractivity contribution >= 4 is 5.91 Å². The standard InChI is InChI=1S/C15H23N3O/c1-2-3-7-10-16-15(19)14-11-13(17-18-14)12-8-5-4-6-9-12/h4-6,8-9,13-14,17-18H,2-3,7,10-11H2,1H3,(H,16,19). The molecule has 1 aromatic rings. The molecule has 0 saturated carbocycles. The highest BCUT2D eigenvalue weighted by Crippen LogP contribution is 2.21. The van der Waals surface area contributed by atoms with Gasteiger partial charge in [0.2, 0.25) is 5.91 Å². The first-order valence-electron chi connectivity index (χ1n) is 7.15. The second kappa shape index (κ2) is 7.26. The average Bonchev–Trinajstić information content (AvgIpc) is 2.94. The number of unbranched alkanes of at least 4 members (excludes halogenated alkanes) is 2. The molecule has 2 atom stereocenters. The molecule has 104 valence electrons. The lowest BCUT2D eigenvalue weighted by Gasteiger charge is -2.10. The van der Waals surface area contributed by atoms with E-state index in [1.165, 1.54) is 18.4 Å². The molecular weight excluding hydrogens is 238 g/mol. The number of hydrazine groups is 1. The molecule has 0 aliphatic carbocycles. The van der Waals surface area contributed by atoms with Crippen LogP contribution in [0.15, 0.2) is 30.3 Å². The van der Waals surface area contributed by atoms with Crippen LogP contribution in [0.2, 0.25) is 0 Å². The number of amides is 1. The molecule has 1 saturated heterocycles. The minimum atomic E-state index is -0.133. The summed E-state index contributed by atoms with van der Waals surface area (Å²) in [4.78, 5) is 12.0. The lowest BCUT2D eigenvalue weighted by Crippen LogP contribution is -2.43. The lowest BCUT2D eigenvalue weighted by atomic mass is 10.0. The molecule has 2 unspecified atom stereocenters. The molecule has 1 heterocycles. The number of benzene rings is 1. The molecule has 1 fully saturated rings. The Morgan fingerprint density at radius 1 is 1.26 bits per heavy atom. The molecule has 0 radical (unpaired) electrons. The summed E-state index contributed by atoms with van der Waals surface area (Å²) in [6, 6.07) is 10.3. The quantitative estimate of drug-likeness (QED) is 0.686. The zero-order chi connectivity index (χ0) is 13.5. The zero-order valence-electron chi connectivity index (χ0n) is 11.5. The van der Waals surface area contributed by atoms with Gasteiger partial charge in [-0.1, -0.05) is 50.1 Å². The Bertz CT molecular complexity index is 394. The van der Waals surface area contributed by atoms with Crippen molar-refractivity contribution in [3.8, 4) is 0 Å². The van der Waals surface area contributed by atoms with Crippen LogP contribution in [0.3, 0.4) is 0 Å². The van der Waals surface area contributed by atoms with Gasteiger partial charge in [-0.3, -0.25) is 4.79 Å². The van der Waals surface area contributed by atoms with E-state index in [0.717, 1.165) is 19.4 Å². The first-order chi connectivity index (χ1) is 9.31. The summed E-state index contributed by atoms with van der Waals surface area (Å²) in [6.07, 6.45) is 4.20. The van der Waals surface area contributed by atoms with E-state index in [0.29, 0.717) is 0 Å². The van der Waals surface area contributed by atoms with Crippen molar-refractivity contribution in [3.05, 3.63) is 35.9 Å². The van der Waals surface area contributed by atoms with Gasteiger partial charge < -0.3 is 5.32 Å². The molecule has 0 aromatic heterocycles. The molecule has 4 nitrogen and oxygen atoms in total. The summed E-state index contributed by atoms with van der Waals surface area (Å²) in [7, 11) is 0. The Kier molecular flexibility index (Phi) is 5.36. The molecule has 1 aliphatic heterocycles. The molecule has 1 aliphatic rings. The molecular formula is C15H23N3O. The van der Waals surface area contributed by atoms with E-state index >= 15 is 0 Å². The number of carbonyl (C=O) groups excluding carboxylic acids is 1. The first-order valence-corrected chi connectivity index (χ1v) is 7.15. The van der Waals surface area contributed by atoms with E-state index in [4.69, 9.17) is 0 Å². The summed E-state index contributed by atoms with van der Waals surface area (Å²) < 4.78 is 0.